The van der Waals surface area contributed by atoms with Gasteiger partial charge in [0.1, 0.15) is 34.5 Å². The van der Waals surface area contributed by atoms with E-state index in [1.165, 1.54) is 122 Å². The van der Waals surface area contributed by atoms with Gasteiger partial charge in [-0.25, -0.2) is 0 Å². The Morgan fingerprint density at radius 1 is 0.367 bits per heavy atom. The van der Waals surface area contributed by atoms with Crippen LogP contribution in [0.5, 0.6) is 23.0 Å². The Hall–Kier alpha value is -6.92. The highest BCUT2D eigenvalue weighted by Gasteiger charge is 2.40. The Kier molecular flexibility index (Phi) is 21.1. The largest absolute Gasteiger partial charge is 0.490 e. The van der Waals surface area contributed by atoms with Gasteiger partial charge in [0.15, 0.2) is 0 Å². The minimum absolute atomic E-state index is 0.0779. The lowest BCUT2D eigenvalue weighted by Gasteiger charge is -2.39. The normalized spacial score (nSPS) is 19.5. The fourth-order valence-corrected chi connectivity index (χ4v) is 15.3. The molecule has 6 aliphatic carbocycles. The molecule has 0 saturated heterocycles. The molecule has 6 aromatic carbocycles. The topological polar surface area (TPSA) is 55.4 Å². The Morgan fingerprint density at radius 2 is 0.789 bits per heavy atom. The van der Waals surface area contributed by atoms with E-state index in [4.69, 9.17) is 28.4 Å². The molecular weight excluding hydrogens is 1100 g/mol. The molecule has 6 heteroatoms. The lowest BCUT2D eigenvalue weighted by Crippen LogP contribution is -2.27. The third-order valence-electron chi connectivity index (χ3n) is 18.7. The molecule has 0 heterocycles. The van der Waals surface area contributed by atoms with E-state index in [0.717, 1.165) is 88.9 Å². The third kappa shape index (κ3) is 14.2. The first-order chi connectivity index (χ1) is 43.1. The zero-order chi connectivity index (χ0) is 64.2. The van der Waals surface area contributed by atoms with Gasteiger partial charge in [-0.05, 0) is 302 Å². The van der Waals surface area contributed by atoms with Crippen LogP contribution in [0, 0.1) is 51.4 Å². The fourth-order valence-electron chi connectivity index (χ4n) is 15.3. The Bertz CT molecular complexity index is 3690. The molecule has 12 rings (SSSR count). The van der Waals surface area contributed by atoms with Crippen LogP contribution in [0.15, 0.2) is 132 Å². The van der Waals surface area contributed by atoms with Gasteiger partial charge in [-0.1, -0.05) is 110 Å². The summed E-state index contributed by atoms with van der Waals surface area (Å²) in [7, 11) is 0. The number of allylic oxidation sites excluding steroid dienone is 10. The van der Waals surface area contributed by atoms with Gasteiger partial charge in [0.25, 0.3) is 0 Å². The van der Waals surface area contributed by atoms with Crippen LogP contribution in [0.2, 0.25) is 0 Å². The summed E-state index contributed by atoms with van der Waals surface area (Å²) in [4.78, 5) is 0. The summed E-state index contributed by atoms with van der Waals surface area (Å²) in [5.74, 6) is 8.44. The molecule has 0 radical (unpaired) electrons. The molecule has 0 N–H and O–H groups in total. The molecule has 0 aromatic heterocycles. The average Bonchev–Trinajstić information content (AvgIpc) is 0.787. The maximum atomic E-state index is 6.57. The average molecular weight is 1210 g/mol. The minimum atomic E-state index is 0.0779. The van der Waals surface area contributed by atoms with Crippen LogP contribution < -0.4 is 18.9 Å². The van der Waals surface area contributed by atoms with E-state index in [9.17, 15) is 0 Å². The molecule has 0 bridgehead atoms. The van der Waals surface area contributed by atoms with Gasteiger partial charge < -0.3 is 28.4 Å². The second-order valence-corrected chi connectivity index (χ2v) is 28.3. The standard InChI is InChI=1S/C28H40O2.C28H36O2.C28H30O2/c3*1-17(2)29-27-19(5)15-21-11-7-9-13-23(21)25(27)26-24-14-10-8-12-22(24)16-20(6)28(26)30-18(3)4/h15-18,21,23H,7-14H2,1-6H3;7-10,15-18,21,23H,11-14H2,1-6H3;7-18H,1-6H3. The number of fused-ring (bicyclic) bond motifs is 6. The quantitative estimate of drug-likeness (QED) is 0.0955. The number of benzene rings is 6. The molecule has 0 spiro atoms. The maximum absolute atomic E-state index is 6.57. The SMILES string of the molecule is CC1=CC2CC=CCC2C(c2c3c(cc(C)c2OC(C)C)CC=CC3)=C1OC(C)C.CC1=CC2CCCCC2C(c2c3c(cc(C)c2OC(C)C)CCCC3)=C1OC(C)C.Cc1cc2ccccc2c(-c2c(OC(C)C)c(C)cc3ccccc23)c1OC(C)C. The van der Waals surface area contributed by atoms with Crippen LogP contribution in [0.1, 0.15) is 204 Å². The van der Waals surface area contributed by atoms with Crippen LogP contribution in [-0.2, 0) is 35.2 Å². The van der Waals surface area contributed by atoms with E-state index in [-0.39, 0.29) is 36.6 Å². The summed E-state index contributed by atoms with van der Waals surface area (Å²) in [5, 5.41) is 4.79. The van der Waals surface area contributed by atoms with Crippen LogP contribution in [-0.4, -0.2) is 36.6 Å². The van der Waals surface area contributed by atoms with Gasteiger partial charge in [-0.15, -0.1) is 0 Å². The van der Waals surface area contributed by atoms with Gasteiger partial charge in [-0.2, -0.15) is 0 Å². The first-order valence-electron chi connectivity index (χ1n) is 34.6. The highest BCUT2D eigenvalue weighted by molar-refractivity contribution is 6.11. The predicted molar refractivity (Wildman–Crippen MR) is 380 cm³/mol. The first-order valence-corrected chi connectivity index (χ1v) is 34.6. The summed E-state index contributed by atoms with van der Waals surface area (Å²) < 4.78 is 39.0. The van der Waals surface area contributed by atoms with Crippen molar-refractivity contribution in [1.29, 1.82) is 0 Å². The highest BCUT2D eigenvalue weighted by Crippen LogP contribution is 2.54. The number of hydrogen-bond acceptors (Lipinski definition) is 6. The predicted octanol–water partition coefficient (Wildman–Crippen LogP) is 22.5. The van der Waals surface area contributed by atoms with Crippen molar-refractivity contribution in [3.05, 3.63) is 188 Å². The van der Waals surface area contributed by atoms with Crippen molar-refractivity contribution in [3.8, 4) is 34.1 Å². The second-order valence-electron chi connectivity index (χ2n) is 28.3. The van der Waals surface area contributed by atoms with E-state index in [1.54, 1.807) is 11.1 Å². The van der Waals surface area contributed by atoms with E-state index < -0.39 is 0 Å². The maximum Gasteiger partial charge on any atom is 0.131 e. The summed E-state index contributed by atoms with van der Waals surface area (Å²) >= 11 is 0. The number of hydrogen-bond donors (Lipinski definition) is 0. The number of rotatable bonds is 15. The van der Waals surface area contributed by atoms with Crippen molar-refractivity contribution in [1.82, 2.24) is 0 Å². The van der Waals surface area contributed by atoms with Crippen molar-refractivity contribution in [2.45, 2.75) is 238 Å². The summed E-state index contributed by atoms with van der Waals surface area (Å²) in [5.41, 5.74) is 21.1. The highest BCUT2D eigenvalue weighted by atomic mass is 16.5. The zero-order valence-corrected chi connectivity index (χ0v) is 58.1. The molecule has 0 aliphatic heterocycles. The van der Waals surface area contributed by atoms with E-state index in [1.807, 2.05) is 0 Å². The lowest BCUT2D eigenvalue weighted by atomic mass is 9.67. The van der Waals surface area contributed by atoms with Crippen LogP contribution in [0.25, 0.3) is 43.8 Å². The second kappa shape index (κ2) is 28.7. The number of ether oxygens (including phenoxy) is 6. The molecule has 1 saturated carbocycles. The molecular formula is C84H106O6. The van der Waals surface area contributed by atoms with Crippen LogP contribution in [0.3, 0.4) is 0 Å². The minimum Gasteiger partial charge on any atom is -0.490 e. The molecule has 1 fully saturated rings. The number of aryl methyl sites for hydroxylation is 5. The Morgan fingerprint density at radius 3 is 1.32 bits per heavy atom. The zero-order valence-electron chi connectivity index (χ0n) is 58.1. The molecule has 6 aliphatic rings. The summed E-state index contributed by atoms with van der Waals surface area (Å²) in [6, 6.07) is 26.3. The van der Waals surface area contributed by atoms with Gasteiger partial charge >= 0.3 is 0 Å². The van der Waals surface area contributed by atoms with Gasteiger partial charge in [0.05, 0.1) is 36.6 Å². The molecule has 4 unspecified atom stereocenters. The molecule has 90 heavy (non-hydrogen) atoms. The summed E-state index contributed by atoms with van der Waals surface area (Å²) in [6.07, 6.45) is 29.4. The molecule has 6 nitrogen and oxygen atoms in total. The van der Waals surface area contributed by atoms with Crippen molar-refractivity contribution in [2.24, 2.45) is 23.7 Å². The van der Waals surface area contributed by atoms with Gasteiger partial charge in [0.2, 0.25) is 0 Å². The third-order valence-corrected chi connectivity index (χ3v) is 18.7. The fraction of sp³-hybridized carbons (Fsp3) is 0.476. The van der Waals surface area contributed by atoms with Gasteiger partial charge in [0, 0.05) is 33.4 Å². The first kappa shape index (κ1) is 66.0. The lowest BCUT2D eigenvalue weighted by molar-refractivity contribution is 0.149. The van der Waals surface area contributed by atoms with E-state index in [2.05, 4.69) is 234 Å². The van der Waals surface area contributed by atoms with Gasteiger partial charge in [-0.3, -0.25) is 0 Å². The molecule has 4 atom stereocenters. The van der Waals surface area contributed by atoms with Crippen molar-refractivity contribution >= 4 is 32.7 Å². The smallest absolute Gasteiger partial charge is 0.131 e. The Labute approximate surface area is 541 Å². The van der Waals surface area contributed by atoms with E-state index >= 15 is 0 Å². The van der Waals surface area contributed by atoms with Crippen LogP contribution in [0.4, 0.5) is 0 Å². The Balaban J connectivity index is 0.000000148. The van der Waals surface area contributed by atoms with E-state index in [0.29, 0.717) is 23.7 Å². The van der Waals surface area contributed by atoms with Crippen molar-refractivity contribution in [3.63, 3.8) is 0 Å². The van der Waals surface area contributed by atoms with Crippen LogP contribution >= 0.6 is 0 Å². The molecule has 0 amide bonds. The monoisotopic (exact) mass is 1210 g/mol. The molecule has 6 aromatic rings. The summed E-state index contributed by atoms with van der Waals surface area (Å²) in [6.45, 7) is 38.6. The van der Waals surface area contributed by atoms with Crippen molar-refractivity contribution < 1.29 is 28.4 Å². The molecule has 478 valence electrons. The van der Waals surface area contributed by atoms with Crippen molar-refractivity contribution in [2.75, 3.05) is 0 Å².